The average molecular weight is 719 g/mol. The molecule has 0 fully saturated rings. The van der Waals surface area contributed by atoms with E-state index in [1.165, 1.54) is 0 Å². The molecule has 0 saturated carbocycles. The highest BCUT2D eigenvalue weighted by molar-refractivity contribution is 9.27. The van der Waals surface area contributed by atoms with Crippen molar-refractivity contribution in [3.8, 4) is 0 Å². The maximum atomic E-state index is 5.60. The lowest BCUT2D eigenvalue weighted by Gasteiger charge is -2.29. The Morgan fingerprint density at radius 2 is 1.58 bits per heavy atom. The van der Waals surface area contributed by atoms with E-state index in [4.69, 9.17) is 4.42 Å². The highest BCUT2D eigenvalue weighted by Crippen LogP contribution is 2.35. The van der Waals surface area contributed by atoms with Gasteiger partial charge in [0.25, 0.3) is 0 Å². The molecule has 0 bridgehead atoms. The van der Waals surface area contributed by atoms with Crippen molar-refractivity contribution in [2.24, 2.45) is 9.98 Å². The molecular weight excluding hydrogens is 706 g/mol. The summed E-state index contributed by atoms with van der Waals surface area (Å²) in [6, 6.07) is 3.90. The van der Waals surface area contributed by atoms with Gasteiger partial charge < -0.3 is 9.73 Å². The van der Waals surface area contributed by atoms with E-state index in [0.29, 0.717) is 34.6 Å². The first-order chi connectivity index (χ1) is 11.2. The quantitative estimate of drug-likeness (QED) is 0.360. The van der Waals surface area contributed by atoms with Gasteiger partial charge in [-0.2, -0.15) is 0 Å². The van der Waals surface area contributed by atoms with E-state index in [0.717, 1.165) is 11.5 Å². The number of nitrogens with one attached hydrogen (secondary N) is 1. The van der Waals surface area contributed by atoms with Crippen molar-refractivity contribution >= 4 is 107 Å². The van der Waals surface area contributed by atoms with E-state index < -0.39 is 6.47 Å². The molecule has 1 aliphatic heterocycles. The number of nitrogens with zero attached hydrogens (tertiary/aromatic N) is 2. The second kappa shape index (κ2) is 8.82. The zero-order valence-electron chi connectivity index (χ0n) is 12.4. The minimum absolute atomic E-state index is 0.524. The summed E-state index contributed by atoms with van der Waals surface area (Å²) in [4.78, 5) is 9.20. The summed E-state index contributed by atoms with van der Waals surface area (Å²) in [5.41, 5.74) is 0. The maximum absolute atomic E-state index is 5.60. The van der Waals surface area contributed by atoms with E-state index in [9.17, 15) is 0 Å². The number of hydrogen-bond acceptors (Lipinski definition) is 4. The molecule has 2 rings (SSSR count). The summed E-state index contributed by atoms with van der Waals surface area (Å²) in [7, 11) is 0. The van der Waals surface area contributed by atoms with Gasteiger partial charge in [-0.05, 0) is 25.1 Å². The summed E-state index contributed by atoms with van der Waals surface area (Å²) in [5, 5.41) is 4.50. The fourth-order valence-corrected chi connectivity index (χ4v) is 3.06. The van der Waals surface area contributed by atoms with Crippen LogP contribution in [0.5, 0.6) is 0 Å². The van der Waals surface area contributed by atoms with Crippen molar-refractivity contribution < 1.29 is 4.42 Å². The first-order valence-corrected chi connectivity index (χ1v) is 12.2. The number of halogens is 6. The smallest absolute Gasteiger partial charge is 0.152 e. The SMILES string of the molecule is Cc1ccc(CC=C2N=C(C(Br)(Br)CBr)NC(C(Br)(Br)CBr)=N2)o1. The normalized spacial score (nSPS) is 15.7. The molecule has 1 N–H and O–H groups in total. The zero-order valence-corrected chi connectivity index (χ0v) is 21.9. The second-order valence-electron chi connectivity index (χ2n) is 5.00. The predicted octanol–water partition coefficient (Wildman–Crippen LogP) is 6.13. The van der Waals surface area contributed by atoms with Crippen LogP contribution < -0.4 is 5.32 Å². The molecule has 0 unspecified atom stereocenters. The molecule has 0 radical (unpaired) electrons. The van der Waals surface area contributed by atoms with Crippen LogP contribution in [0, 0.1) is 6.92 Å². The molecule has 0 amide bonds. The van der Waals surface area contributed by atoms with Gasteiger partial charge in [-0.3, -0.25) is 0 Å². The van der Waals surface area contributed by atoms with Crippen molar-refractivity contribution in [2.75, 3.05) is 10.7 Å². The molecule has 2 heterocycles. The van der Waals surface area contributed by atoms with Crippen molar-refractivity contribution in [2.45, 2.75) is 19.8 Å². The molecule has 1 aliphatic rings. The summed E-state index contributed by atoms with van der Waals surface area (Å²) in [5.74, 6) is 3.79. The summed E-state index contributed by atoms with van der Waals surface area (Å²) < 4.78 is 4.55. The predicted molar refractivity (Wildman–Crippen MR) is 122 cm³/mol. The number of aryl methyl sites for hydroxylation is 1. The van der Waals surface area contributed by atoms with Gasteiger partial charge in [0, 0.05) is 17.1 Å². The van der Waals surface area contributed by atoms with Crippen LogP contribution in [-0.2, 0) is 6.42 Å². The Hall–Kier alpha value is 1.04. The van der Waals surface area contributed by atoms with Crippen molar-refractivity contribution in [3.63, 3.8) is 0 Å². The lowest BCUT2D eigenvalue weighted by atomic mass is 10.3. The minimum Gasteiger partial charge on any atom is -0.466 e. The molecular formula is C14H13Br6N3O. The van der Waals surface area contributed by atoms with Gasteiger partial charge in [0.1, 0.15) is 29.7 Å². The number of rotatable bonds is 6. The Kier molecular flexibility index (Phi) is 7.84. The summed E-state index contributed by atoms with van der Waals surface area (Å²) >= 11 is 21.4. The van der Waals surface area contributed by atoms with Crippen LogP contribution in [0.3, 0.4) is 0 Å². The Morgan fingerprint density at radius 1 is 1.04 bits per heavy atom. The molecule has 4 nitrogen and oxygen atoms in total. The largest absolute Gasteiger partial charge is 0.466 e. The number of aliphatic imine (C=N–C) groups is 2. The van der Waals surface area contributed by atoms with Gasteiger partial charge in [-0.1, -0.05) is 95.6 Å². The molecule has 1 aromatic rings. The van der Waals surface area contributed by atoms with Gasteiger partial charge in [0.2, 0.25) is 0 Å². The fraction of sp³-hybridized carbons (Fsp3) is 0.429. The molecule has 24 heavy (non-hydrogen) atoms. The Bertz CT molecular complexity index is 658. The van der Waals surface area contributed by atoms with Gasteiger partial charge >= 0.3 is 0 Å². The standard InChI is InChI=1S/C14H13Br6N3O/c1-8-2-3-9(24-8)4-5-10-21-11(13(17,18)6-15)23-12(22-10)14(19,20)7-16/h2-3,5H,4,6-7H2,1H3,(H,21,22,23). The molecule has 0 aliphatic carbocycles. The Labute approximate surface area is 191 Å². The third-order valence-electron chi connectivity index (χ3n) is 3.00. The molecule has 1 aromatic heterocycles. The number of hydrogen-bond donors (Lipinski definition) is 1. The summed E-state index contributed by atoms with van der Waals surface area (Å²) in [6.07, 6.45) is 2.56. The number of amidine groups is 2. The fourth-order valence-electron chi connectivity index (χ4n) is 1.77. The molecule has 0 aromatic carbocycles. The number of allylic oxidation sites excluding steroid dienone is 1. The van der Waals surface area contributed by atoms with E-state index >= 15 is 0 Å². The van der Waals surface area contributed by atoms with Gasteiger partial charge in [0.15, 0.2) is 5.82 Å². The van der Waals surface area contributed by atoms with Crippen molar-refractivity contribution in [1.29, 1.82) is 0 Å². The van der Waals surface area contributed by atoms with Gasteiger partial charge in [0.05, 0.1) is 0 Å². The molecule has 0 saturated heterocycles. The first-order valence-electron chi connectivity index (χ1n) is 6.76. The maximum Gasteiger partial charge on any atom is 0.152 e. The average Bonchev–Trinajstić information content (AvgIpc) is 2.98. The van der Waals surface area contributed by atoms with Gasteiger partial charge in [-0.25, -0.2) is 9.98 Å². The van der Waals surface area contributed by atoms with Gasteiger partial charge in [-0.15, -0.1) is 0 Å². The van der Waals surface area contributed by atoms with Crippen molar-refractivity contribution in [1.82, 2.24) is 5.32 Å². The minimum atomic E-state index is -0.524. The monoisotopic (exact) mass is 713 g/mol. The molecule has 0 atom stereocenters. The van der Waals surface area contributed by atoms with E-state index in [-0.39, 0.29) is 0 Å². The lowest BCUT2D eigenvalue weighted by Crippen LogP contribution is -2.50. The highest BCUT2D eigenvalue weighted by atomic mass is 79.9. The van der Waals surface area contributed by atoms with Crippen LogP contribution in [0.2, 0.25) is 0 Å². The van der Waals surface area contributed by atoms with Crippen LogP contribution >= 0.6 is 95.6 Å². The lowest BCUT2D eigenvalue weighted by molar-refractivity contribution is 0.494. The Balaban J connectivity index is 2.35. The number of furan rings is 1. The first kappa shape index (κ1) is 21.3. The van der Waals surface area contributed by atoms with Crippen molar-refractivity contribution in [3.05, 3.63) is 35.6 Å². The van der Waals surface area contributed by atoms with Crippen LogP contribution in [0.25, 0.3) is 0 Å². The molecule has 10 heteroatoms. The Morgan fingerprint density at radius 3 is 2.00 bits per heavy atom. The zero-order chi connectivity index (χ0) is 18.0. The van der Waals surface area contributed by atoms with Crippen LogP contribution in [-0.4, -0.2) is 28.8 Å². The summed E-state index contributed by atoms with van der Waals surface area (Å²) in [6.45, 7) is 1.92. The van der Waals surface area contributed by atoms with Crippen LogP contribution in [0.15, 0.2) is 38.4 Å². The third kappa shape index (κ3) is 5.52. The van der Waals surface area contributed by atoms with Crippen LogP contribution in [0.1, 0.15) is 11.5 Å². The van der Waals surface area contributed by atoms with Crippen LogP contribution in [0.4, 0.5) is 0 Å². The van der Waals surface area contributed by atoms with E-state index in [1.54, 1.807) is 0 Å². The highest BCUT2D eigenvalue weighted by Gasteiger charge is 2.37. The number of alkyl halides is 6. The third-order valence-corrected chi connectivity index (χ3v) is 10.3. The van der Waals surface area contributed by atoms with E-state index in [2.05, 4.69) is 111 Å². The molecule has 132 valence electrons. The topological polar surface area (TPSA) is 49.9 Å². The molecule has 0 spiro atoms. The second-order valence-corrected chi connectivity index (χ2v) is 13.7. The van der Waals surface area contributed by atoms with E-state index in [1.807, 2.05) is 25.1 Å².